The van der Waals surface area contributed by atoms with E-state index in [4.69, 9.17) is 4.98 Å². The Morgan fingerprint density at radius 3 is 3.05 bits per heavy atom. The fourth-order valence-corrected chi connectivity index (χ4v) is 3.55. The predicted octanol–water partition coefficient (Wildman–Crippen LogP) is 3.08. The average molecular weight is 319 g/mol. The van der Waals surface area contributed by atoms with Gasteiger partial charge in [0.25, 0.3) is 0 Å². The van der Waals surface area contributed by atoms with E-state index < -0.39 is 0 Å². The number of hydrogen-bond donors (Lipinski definition) is 1. The molecule has 3 heterocycles. The summed E-state index contributed by atoms with van der Waals surface area (Å²) >= 11 is 3.11. The number of fused-ring (bicyclic) bond motifs is 1. The summed E-state index contributed by atoms with van der Waals surface area (Å²) in [6, 6.07) is 6.06. The van der Waals surface area contributed by atoms with E-state index in [9.17, 15) is 0 Å². The lowest BCUT2D eigenvalue weighted by Gasteiger charge is -2.08. The Hall–Kier alpha value is -1.44. The van der Waals surface area contributed by atoms with Gasteiger partial charge in [-0.05, 0) is 36.4 Å². The maximum absolute atomic E-state index is 4.71. The van der Waals surface area contributed by atoms with Gasteiger partial charge < -0.3 is 9.72 Å². The lowest BCUT2D eigenvalue weighted by Crippen LogP contribution is -2.20. The van der Waals surface area contributed by atoms with E-state index in [1.807, 2.05) is 18.2 Å². The second kappa shape index (κ2) is 6.55. The molecule has 0 radical (unpaired) electrons. The quantitative estimate of drug-likeness (QED) is 0.756. The number of nitrogens with zero attached hydrogens (tertiary/aromatic N) is 4. The first-order chi connectivity index (χ1) is 10.2. The van der Waals surface area contributed by atoms with Crippen molar-refractivity contribution in [2.24, 2.45) is 5.92 Å². The van der Waals surface area contributed by atoms with Crippen LogP contribution in [0.25, 0.3) is 5.65 Å². The summed E-state index contributed by atoms with van der Waals surface area (Å²) in [5.41, 5.74) is 3.88. The van der Waals surface area contributed by atoms with Crippen LogP contribution < -0.4 is 5.32 Å². The topological polar surface area (TPSA) is 55.1 Å². The highest BCUT2D eigenvalue weighted by Gasteiger charge is 2.14. The van der Waals surface area contributed by atoms with E-state index >= 15 is 0 Å². The molecule has 0 spiro atoms. The van der Waals surface area contributed by atoms with Gasteiger partial charge in [-0.15, -0.1) is 10.2 Å². The zero-order valence-electron chi connectivity index (χ0n) is 12.0. The van der Waals surface area contributed by atoms with Gasteiger partial charge in [0.05, 0.1) is 5.69 Å². The molecule has 3 aromatic heterocycles. The molecule has 3 aromatic rings. The summed E-state index contributed by atoms with van der Waals surface area (Å²) < 4.78 is 3.06. The molecule has 0 amide bonds. The Morgan fingerprint density at radius 1 is 1.38 bits per heavy atom. The molecule has 5 nitrogen and oxygen atoms in total. The highest BCUT2D eigenvalue weighted by molar-refractivity contribution is 8.01. The fraction of sp³-hybridized carbons (Fsp3) is 0.357. The minimum atomic E-state index is 0.628. The van der Waals surface area contributed by atoms with Crippen LogP contribution in [0, 0.1) is 5.92 Å². The minimum Gasteiger partial charge on any atom is -0.311 e. The van der Waals surface area contributed by atoms with Crippen molar-refractivity contribution in [2.75, 3.05) is 6.54 Å². The summed E-state index contributed by atoms with van der Waals surface area (Å²) in [5, 5.41) is 12.5. The standard InChI is InChI=1S/C14H17N5S2/c1-10(2)7-15-8-11-13(21-14-18-16-9-20-14)17-12-5-3-4-6-19(11)12/h3-6,9-10,15H,7-8H2,1-2H3. The summed E-state index contributed by atoms with van der Waals surface area (Å²) in [4.78, 5) is 4.71. The maximum Gasteiger partial charge on any atom is 0.180 e. The van der Waals surface area contributed by atoms with E-state index in [0.29, 0.717) is 5.92 Å². The van der Waals surface area contributed by atoms with Crippen molar-refractivity contribution in [1.82, 2.24) is 24.9 Å². The van der Waals surface area contributed by atoms with Crippen LogP contribution in [0.15, 0.2) is 39.3 Å². The number of pyridine rings is 1. The Kier molecular flexibility index (Phi) is 4.52. The van der Waals surface area contributed by atoms with Crippen molar-refractivity contribution in [1.29, 1.82) is 0 Å². The Bertz CT molecular complexity index is 705. The molecular formula is C14H17N5S2. The van der Waals surface area contributed by atoms with Crippen LogP contribution in [0.2, 0.25) is 0 Å². The molecule has 0 fully saturated rings. The number of imidazole rings is 1. The van der Waals surface area contributed by atoms with Crippen LogP contribution >= 0.6 is 23.1 Å². The van der Waals surface area contributed by atoms with Gasteiger partial charge in [-0.25, -0.2) is 4.98 Å². The molecule has 0 unspecified atom stereocenters. The smallest absolute Gasteiger partial charge is 0.180 e. The van der Waals surface area contributed by atoms with E-state index in [-0.39, 0.29) is 0 Å². The van der Waals surface area contributed by atoms with Gasteiger partial charge in [0, 0.05) is 12.7 Å². The van der Waals surface area contributed by atoms with E-state index in [0.717, 1.165) is 28.1 Å². The fourth-order valence-electron chi connectivity index (χ4n) is 2.04. The largest absolute Gasteiger partial charge is 0.311 e. The molecule has 0 aliphatic carbocycles. The van der Waals surface area contributed by atoms with Crippen LogP contribution in [0.3, 0.4) is 0 Å². The highest BCUT2D eigenvalue weighted by Crippen LogP contribution is 2.31. The van der Waals surface area contributed by atoms with Crippen LogP contribution in [0.1, 0.15) is 19.5 Å². The van der Waals surface area contributed by atoms with Gasteiger partial charge >= 0.3 is 0 Å². The summed E-state index contributed by atoms with van der Waals surface area (Å²) in [7, 11) is 0. The van der Waals surface area contributed by atoms with Gasteiger partial charge in [0.1, 0.15) is 16.2 Å². The van der Waals surface area contributed by atoms with Crippen molar-refractivity contribution >= 4 is 28.7 Å². The lowest BCUT2D eigenvalue weighted by molar-refractivity contribution is 0.544. The van der Waals surface area contributed by atoms with Crippen molar-refractivity contribution in [2.45, 2.75) is 29.8 Å². The van der Waals surface area contributed by atoms with E-state index in [1.54, 1.807) is 17.3 Å². The first kappa shape index (κ1) is 14.5. The molecule has 0 bridgehead atoms. The SMILES string of the molecule is CC(C)CNCc1c(Sc2nncs2)nc2ccccn12. The van der Waals surface area contributed by atoms with Gasteiger partial charge in [0.15, 0.2) is 4.34 Å². The van der Waals surface area contributed by atoms with Crippen LogP contribution in [-0.4, -0.2) is 26.1 Å². The molecule has 3 rings (SSSR count). The first-order valence-electron chi connectivity index (χ1n) is 6.84. The van der Waals surface area contributed by atoms with Gasteiger partial charge in [-0.2, -0.15) is 0 Å². The number of aromatic nitrogens is 4. The third-order valence-electron chi connectivity index (χ3n) is 2.96. The van der Waals surface area contributed by atoms with Crippen molar-refractivity contribution < 1.29 is 0 Å². The number of hydrogen-bond acceptors (Lipinski definition) is 6. The van der Waals surface area contributed by atoms with E-state index in [2.05, 4.69) is 40.0 Å². The molecule has 0 atom stereocenters. The molecule has 110 valence electrons. The summed E-state index contributed by atoms with van der Waals surface area (Å²) in [6.07, 6.45) is 2.05. The number of nitrogens with one attached hydrogen (secondary N) is 1. The van der Waals surface area contributed by atoms with Gasteiger partial charge in [0.2, 0.25) is 0 Å². The second-order valence-corrected chi connectivity index (χ2v) is 7.19. The minimum absolute atomic E-state index is 0.628. The first-order valence-corrected chi connectivity index (χ1v) is 8.54. The zero-order valence-corrected chi connectivity index (χ0v) is 13.6. The molecule has 0 aliphatic rings. The molecule has 1 N–H and O–H groups in total. The summed E-state index contributed by atoms with van der Waals surface area (Å²) in [6.45, 7) is 6.20. The van der Waals surface area contributed by atoms with Crippen LogP contribution in [0.5, 0.6) is 0 Å². The third kappa shape index (κ3) is 3.42. The van der Waals surface area contributed by atoms with E-state index in [1.165, 1.54) is 17.0 Å². The van der Waals surface area contributed by atoms with Gasteiger partial charge in [-0.3, -0.25) is 0 Å². The second-order valence-electron chi connectivity index (χ2n) is 5.12. The summed E-state index contributed by atoms with van der Waals surface area (Å²) in [5.74, 6) is 0.628. The maximum atomic E-state index is 4.71. The van der Waals surface area contributed by atoms with Crippen LogP contribution in [0.4, 0.5) is 0 Å². The Labute approximate surface area is 131 Å². The zero-order chi connectivity index (χ0) is 14.7. The normalized spacial score (nSPS) is 11.6. The van der Waals surface area contributed by atoms with Crippen molar-refractivity contribution in [3.8, 4) is 0 Å². The highest BCUT2D eigenvalue weighted by atomic mass is 32.2. The third-order valence-corrected chi connectivity index (χ3v) is 4.76. The molecule has 0 aromatic carbocycles. The average Bonchev–Trinajstić information content (AvgIpc) is 3.07. The predicted molar refractivity (Wildman–Crippen MR) is 85.8 cm³/mol. The van der Waals surface area contributed by atoms with Crippen molar-refractivity contribution in [3.63, 3.8) is 0 Å². The Balaban J connectivity index is 1.89. The molecule has 0 saturated carbocycles. The monoisotopic (exact) mass is 319 g/mol. The molecule has 0 saturated heterocycles. The lowest BCUT2D eigenvalue weighted by atomic mass is 10.2. The molecular weight excluding hydrogens is 302 g/mol. The van der Waals surface area contributed by atoms with Gasteiger partial charge in [-0.1, -0.05) is 31.3 Å². The van der Waals surface area contributed by atoms with Crippen molar-refractivity contribution in [3.05, 3.63) is 35.6 Å². The van der Waals surface area contributed by atoms with Crippen LogP contribution in [-0.2, 0) is 6.54 Å². The molecule has 21 heavy (non-hydrogen) atoms. The Morgan fingerprint density at radius 2 is 2.29 bits per heavy atom. The molecule has 7 heteroatoms. The molecule has 0 aliphatic heterocycles. The number of rotatable bonds is 6.